The number of aromatic nitrogens is 3. The summed E-state index contributed by atoms with van der Waals surface area (Å²) in [5, 5.41) is 36.7. The predicted octanol–water partition coefficient (Wildman–Crippen LogP) is -0.443. The van der Waals surface area contributed by atoms with Crippen molar-refractivity contribution in [3.63, 3.8) is 0 Å². The molecule has 3 rings (SSSR count). The highest BCUT2D eigenvalue weighted by Gasteiger charge is 2.44. The Morgan fingerprint density at radius 1 is 1.15 bits per heavy atom. The lowest BCUT2D eigenvalue weighted by atomic mass is 10.1. The molecular weight excluding hydrogens is 262 g/mol. The summed E-state index contributed by atoms with van der Waals surface area (Å²) >= 11 is 0. The van der Waals surface area contributed by atoms with Crippen LogP contribution in [0, 0.1) is 0 Å². The molecule has 0 bridgehead atoms. The number of hydrogen-bond acceptors (Lipinski definition) is 6. The fourth-order valence-electron chi connectivity index (χ4n) is 2.33. The van der Waals surface area contributed by atoms with Gasteiger partial charge in [0, 0.05) is 5.56 Å². The average molecular weight is 277 g/mol. The zero-order chi connectivity index (χ0) is 14.1. The van der Waals surface area contributed by atoms with Gasteiger partial charge in [0.25, 0.3) is 0 Å². The lowest BCUT2D eigenvalue weighted by Crippen LogP contribution is -2.33. The van der Waals surface area contributed by atoms with Gasteiger partial charge >= 0.3 is 0 Å². The summed E-state index contributed by atoms with van der Waals surface area (Å²) in [5.41, 5.74) is 1.54. The summed E-state index contributed by atoms with van der Waals surface area (Å²) in [4.78, 5) is 0. The van der Waals surface area contributed by atoms with Crippen molar-refractivity contribution in [3.8, 4) is 11.3 Å². The van der Waals surface area contributed by atoms with Crippen LogP contribution in [0.3, 0.4) is 0 Å². The molecule has 1 saturated heterocycles. The smallest absolute Gasteiger partial charge is 0.181 e. The SMILES string of the molecule is OC[C@H]1O[C@@H](n2nncc2-c2ccccc2)[C@H](O)[C@@H]1O. The van der Waals surface area contributed by atoms with Crippen molar-refractivity contribution in [2.24, 2.45) is 0 Å². The van der Waals surface area contributed by atoms with Crippen molar-refractivity contribution in [3.05, 3.63) is 36.5 Å². The quantitative estimate of drug-likeness (QED) is 0.703. The Bertz CT molecular complexity index is 574. The van der Waals surface area contributed by atoms with Crippen LogP contribution >= 0.6 is 0 Å². The van der Waals surface area contributed by atoms with Crippen molar-refractivity contribution in [2.45, 2.75) is 24.5 Å². The van der Waals surface area contributed by atoms with Gasteiger partial charge in [0.1, 0.15) is 18.3 Å². The maximum atomic E-state index is 10.0. The van der Waals surface area contributed by atoms with Crippen LogP contribution < -0.4 is 0 Å². The van der Waals surface area contributed by atoms with Gasteiger partial charge in [0.2, 0.25) is 0 Å². The first-order valence-electron chi connectivity index (χ1n) is 6.30. The van der Waals surface area contributed by atoms with Gasteiger partial charge in [-0.3, -0.25) is 0 Å². The van der Waals surface area contributed by atoms with Gasteiger partial charge in [-0.25, -0.2) is 4.68 Å². The van der Waals surface area contributed by atoms with E-state index in [4.69, 9.17) is 9.84 Å². The molecular formula is C13H15N3O4. The van der Waals surface area contributed by atoms with Gasteiger partial charge in [-0.1, -0.05) is 35.5 Å². The minimum absolute atomic E-state index is 0.371. The number of benzene rings is 1. The lowest BCUT2D eigenvalue weighted by Gasteiger charge is -2.17. The van der Waals surface area contributed by atoms with E-state index in [2.05, 4.69) is 10.3 Å². The number of ether oxygens (including phenoxy) is 1. The van der Waals surface area contributed by atoms with Crippen molar-refractivity contribution in [1.29, 1.82) is 0 Å². The fourth-order valence-corrected chi connectivity index (χ4v) is 2.33. The lowest BCUT2D eigenvalue weighted by molar-refractivity contribution is -0.0585. The highest BCUT2D eigenvalue weighted by Crippen LogP contribution is 2.31. The molecule has 0 amide bonds. The Morgan fingerprint density at radius 2 is 1.90 bits per heavy atom. The van der Waals surface area contributed by atoms with Gasteiger partial charge in [0.05, 0.1) is 18.5 Å². The minimum atomic E-state index is -1.17. The summed E-state index contributed by atoms with van der Waals surface area (Å²) in [6.07, 6.45) is -2.47. The fraction of sp³-hybridized carbons (Fsp3) is 0.385. The van der Waals surface area contributed by atoms with Crippen LogP contribution in [0.25, 0.3) is 11.3 Å². The summed E-state index contributed by atoms with van der Waals surface area (Å²) in [7, 11) is 0. The summed E-state index contributed by atoms with van der Waals surface area (Å²) in [5.74, 6) is 0. The zero-order valence-corrected chi connectivity index (χ0v) is 10.6. The van der Waals surface area contributed by atoms with Gasteiger partial charge in [-0.2, -0.15) is 0 Å². The van der Waals surface area contributed by atoms with E-state index in [0.717, 1.165) is 5.56 Å². The average Bonchev–Trinajstić information content (AvgIpc) is 3.06. The van der Waals surface area contributed by atoms with Gasteiger partial charge in [-0.05, 0) is 0 Å². The number of aliphatic hydroxyl groups is 3. The maximum absolute atomic E-state index is 10.0. The van der Waals surface area contributed by atoms with Crippen LogP contribution in [0.2, 0.25) is 0 Å². The predicted molar refractivity (Wildman–Crippen MR) is 68.5 cm³/mol. The van der Waals surface area contributed by atoms with Crippen LogP contribution in [0.1, 0.15) is 6.23 Å². The highest BCUT2D eigenvalue weighted by atomic mass is 16.6. The maximum Gasteiger partial charge on any atom is 0.181 e. The Labute approximate surface area is 115 Å². The molecule has 20 heavy (non-hydrogen) atoms. The van der Waals surface area contributed by atoms with E-state index in [1.165, 1.54) is 4.68 Å². The molecule has 7 nitrogen and oxygen atoms in total. The van der Waals surface area contributed by atoms with Crippen LogP contribution in [0.15, 0.2) is 36.5 Å². The van der Waals surface area contributed by atoms with E-state index in [1.807, 2.05) is 30.3 Å². The zero-order valence-electron chi connectivity index (χ0n) is 10.6. The Morgan fingerprint density at radius 3 is 2.55 bits per heavy atom. The van der Waals surface area contributed by atoms with E-state index in [9.17, 15) is 10.2 Å². The second-order valence-electron chi connectivity index (χ2n) is 4.66. The van der Waals surface area contributed by atoms with Crippen molar-refractivity contribution < 1.29 is 20.1 Å². The molecule has 0 aliphatic carbocycles. The first-order valence-corrected chi connectivity index (χ1v) is 6.30. The summed E-state index contributed by atoms with van der Waals surface area (Å²) in [6, 6.07) is 9.42. The van der Waals surface area contributed by atoms with E-state index >= 15 is 0 Å². The molecule has 7 heteroatoms. The highest BCUT2D eigenvalue weighted by molar-refractivity contribution is 5.58. The van der Waals surface area contributed by atoms with E-state index in [-0.39, 0.29) is 6.61 Å². The van der Waals surface area contributed by atoms with Crippen LogP contribution in [-0.4, -0.2) is 55.2 Å². The molecule has 106 valence electrons. The van der Waals surface area contributed by atoms with E-state index in [0.29, 0.717) is 5.69 Å². The van der Waals surface area contributed by atoms with Crippen LogP contribution in [0.4, 0.5) is 0 Å². The molecule has 3 N–H and O–H groups in total. The third-order valence-corrected chi connectivity index (χ3v) is 3.40. The molecule has 4 atom stereocenters. The van der Waals surface area contributed by atoms with Gasteiger partial charge in [0.15, 0.2) is 6.23 Å². The largest absolute Gasteiger partial charge is 0.394 e. The van der Waals surface area contributed by atoms with Gasteiger partial charge in [-0.15, -0.1) is 5.10 Å². The standard InChI is InChI=1S/C13H15N3O4/c17-7-10-11(18)12(19)13(20-10)16-9(6-14-15-16)8-4-2-1-3-5-8/h1-6,10-13,17-19H,7H2/t10-,11-,12-,13-/m1/s1. The second kappa shape index (κ2) is 5.29. The molecule has 1 aliphatic rings. The van der Waals surface area contributed by atoms with E-state index < -0.39 is 24.5 Å². The molecule has 1 aromatic carbocycles. The molecule has 0 radical (unpaired) electrons. The van der Waals surface area contributed by atoms with Crippen molar-refractivity contribution >= 4 is 0 Å². The molecule has 1 aromatic heterocycles. The molecule has 0 spiro atoms. The molecule has 0 unspecified atom stereocenters. The van der Waals surface area contributed by atoms with Crippen molar-refractivity contribution in [2.75, 3.05) is 6.61 Å². The molecule has 2 aromatic rings. The molecule has 0 saturated carbocycles. The Hall–Kier alpha value is -1.80. The van der Waals surface area contributed by atoms with Crippen molar-refractivity contribution in [1.82, 2.24) is 15.0 Å². The first kappa shape index (κ1) is 13.2. The van der Waals surface area contributed by atoms with Crippen LogP contribution in [-0.2, 0) is 4.74 Å². The number of nitrogens with zero attached hydrogens (tertiary/aromatic N) is 3. The Kier molecular flexibility index (Phi) is 3.49. The summed E-state index contributed by atoms with van der Waals surface area (Å²) in [6.45, 7) is -0.371. The monoisotopic (exact) mass is 277 g/mol. The normalized spacial score (nSPS) is 29.8. The second-order valence-corrected chi connectivity index (χ2v) is 4.66. The number of aliphatic hydroxyl groups excluding tert-OH is 3. The Balaban J connectivity index is 1.95. The van der Waals surface area contributed by atoms with Crippen LogP contribution in [0.5, 0.6) is 0 Å². The van der Waals surface area contributed by atoms with Gasteiger partial charge < -0.3 is 20.1 Å². The number of rotatable bonds is 3. The van der Waals surface area contributed by atoms with E-state index in [1.54, 1.807) is 6.20 Å². The summed E-state index contributed by atoms with van der Waals surface area (Å²) < 4.78 is 6.87. The molecule has 1 fully saturated rings. The minimum Gasteiger partial charge on any atom is -0.394 e. The molecule has 1 aliphatic heterocycles. The third kappa shape index (κ3) is 2.10. The third-order valence-electron chi connectivity index (χ3n) is 3.40. The molecule has 2 heterocycles. The number of hydrogen-bond donors (Lipinski definition) is 3. The topological polar surface area (TPSA) is 101 Å². The first-order chi connectivity index (χ1) is 9.72.